The fourth-order valence-corrected chi connectivity index (χ4v) is 9.57. The molecule has 0 aromatic heterocycles. The molecule has 0 aliphatic carbocycles. The van der Waals surface area contributed by atoms with E-state index < -0.39 is 10.7 Å². The molecule has 2 N–H and O–H groups in total. The molecule has 0 bridgehead atoms. The van der Waals surface area contributed by atoms with Gasteiger partial charge in [-0.1, -0.05) is 35.4 Å². The van der Waals surface area contributed by atoms with Gasteiger partial charge in [0.1, 0.15) is 13.2 Å². The van der Waals surface area contributed by atoms with Crippen LogP contribution in [0.4, 0.5) is 11.4 Å². The van der Waals surface area contributed by atoms with Gasteiger partial charge < -0.3 is 58.1 Å². The number of hydrogen-bond donors (Lipinski definition) is 2. The van der Waals surface area contributed by atoms with Gasteiger partial charge >= 0.3 is 5.97 Å². The summed E-state index contributed by atoms with van der Waals surface area (Å²) < 4.78 is 45.7. The van der Waals surface area contributed by atoms with Crippen LogP contribution in [-0.2, 0) is 46.5 Å². The van der Waals surface area contributed by atoms with E-state index in [2.05, 4.69) is 43.4 Å². The van der Waals surface area contributed by atoms with E-state index in [9.17, 15) is 19.2 Å². The summed E-state index contributed by atoms with van der Waals surface area (Å²) in [5, 5.41) is 11.6. The molecule has 7 rings (SSSR count). The number of carboxylic acids is 1. The normalized spacial score (nSPS) is 18.1. The second-order valence-corrected chi connectivity index (χ2v) is 19.9. The van der Waals surface area contributed by atoms with Crippen molar-refractivity contribution in [1.29, 1.82) is 0 Å². The third-order valence-corrected chi connectivity index (χ3v) is 14.2. The van der Waals surface area contributed by atoms with Crippen LogP contribution < -0.4 is 24.3 Å². The van der Waals surface area contributed by atoms with Crippen LogP contribution in [0.1, 0.15) is 84.4 Å². The Kier molecular flexibility index (Phi) is 19.5. The van der Waals surface area contributed by atoms with Crippen molar-refractivity contribution < 1.29 is 62.2 Å². The van der Waals surface area contributed by atoms with Gasteiger partial charge in [-0.2, -0.15) is 0 Å². The molecule has 1 unspecified atom stereocenters. The first-order chi connectivity index (χ1) is 35.3. The largest absolute Gasteiger partial charge is 0.493 e. The summed E-state index contributed by atoms with van der Waals surface area (Å²) in [5.74, 6) is 0.607. The average Bonchev–Trinajstić information content (AvgIpc) is 3.96. The topological polar surface area (TPSA) is 206 Å². The molecule has 2 saturated heterocycles. The first kappa shape index (κ1) is 54.5. The van der Waals surface area contributed by atoms with E-state index in [0.717, 1.165) is 29.5 Å². The number of aliphatic imine (C=N–C) groups is 2. The highest BCUT2D eigenvalue weighted by Crippen LogP contribution is 2.42. The zero-order chi connectivity index (χ0) is 51.9. The molecule has 0 saturated carbocycles. The SMILES string of the molecule is C/C=C1\CC2C=Nc3cc(OCc4cc(COc5cc6c(cc5OC)C(=O)N5C/C(=C/C)C[C@H]5C=N6)cc(C(C)(C)SCC(=O)NCCOCCOCCOCCOCCC(=O)O)c4)c(OC)cc3C(=O)N2C1. The second kappa shape index (κ2) is 26.1. The number of amides is 3. The van der Waals surface area contributed by atoms with Gasteiger partial charge in [-0.3, -0.25) is 29.2 Å². The highest BCUT2D eigenvalue weighted by molar-refractivity contribution is 8.00. The number of hydrogen-bond acceptors (Lipinski definition) is 15. The minimum Gasteiger partial charge on any atom is -0.493 e. The summed E-state index contributed by atoms with van der Waals surface area (Å²) in [7, 11) is 3.09. The molecule has 18 nitrogen and oxygen atoms in total. The number of carbonyl (C=O) groups excluding carboxylic acids is 3. The molecule has 392 valence electrons. The molecule has 2 fully saturated rings. The maximum atomic E-state index is 13.8. The van der Waals surface area contributed by atoms with Crippen molar-refractivity contribution in [2.75, 3.05) is 92.5 Å². The lowest BCUT2D eigenvalue weighted by Gasteiger charge is -2.26. The van der Waals surface area contributed by atoms with Gasteiger partial charge in [0.05, 0.1) is 114 Å². The van der Waals surface area contributed by atoms with E-state index in [1.165, 1.54) is 22.9 Å². The van der Waals surface area contributed by atoms with Crippen LogP contribution in [0.5, 0.6) is 23.0 Å². The highest BCUT2D eigenvalue weighted by atomic mass is 32.2. The molecule has 19 heteroatoms. The number of allylic oxidation sites excluding steroid dienone is 2. The molecule has 3 aromatic rings. The third-order valence-electron chi connectivity index (χ3n) is 12.9. The van der Waals surface area contributed by atoms with Crippen LogP contribution in [0.15, 0.2) is 75.7 Å². The Morgan fingerprint density at radius 2 is 1.15 bits per heavy atom. The maximum absolute atomic E-state index is 13.8. The zero-order valence-electron chi connectivity index (χ0n) is 42.6. The molecular formula is C54H67N5O13S. The van der Waals surface area contributed by atoms with Gasteiger partial charge in [0.25, 0.3) is 11.8 Å². The Bertz CT molecular complexity index is 2460. The molecule has 4 heterocycles. The van der Waals surface area contributed by atoms with Crippen molar-refractivity contribution in [2.45, 2.75) is 77.0 Å². The van der Waals surface area contributed by atoms with Crippen molar-refractivity contribution in [3.63, 3.8) is 0 Å². The number of benzene rings is 3. The number of fused-ring (bicyclic) bond motifs is 4. The second-order valence-electron chi connectivity index (χ2n) is 18.3. The summed E-state index contributed by atoms with van der Waals surface area (Å²) in [4.78, 5) is 64.3. The minimum atomic E-state index is -0.901. The summed E-state index contributed by atoms with van der Waals surface area (Å²) in [6, 6.07) is 12.8. The standard InChI is InChI=1S/C54H67N5O13S/c1-7-35-22-40-28-56-44-26-48(46(65-5)24-42(44)52(63)58(40)30-35)71-32-37-19-38(33-72-49-27-45-43(25-47(49)66-6)53(64)59-31-36(8-2)23-41(59)29-57-45)21-39(20-37)54(3,4)73-34-50(60)55-10-12-68-14-16-70-18-17-69-15-13-67-11-9-51(61)62/h7-8,19-21,24-29,40-41H,9-18,22-23,30-34H2,1-6H3,(H,55,60)(H,61,62)/b35-7+,36-8+/t40-,41?/m0/s1. The van der Waals surface area contributed by atoms with Gasteiger partial charge in [-0.15, -0.1) is 11.8 Å². The fourth-order valence-electron chi connectivity index (χ4n) is 8.69. The lowest BCUT2D eigenvalue weighted by molar-refractivity contribution is -0.138. The number of carboxylic acid groups (broad SMARTS) is 1. The molecule has 0 spiro atoms. The van der Waals surface area contributed by atoms with Gasteiger partial charge in [-0.25, -0.2) is 0 Å². The molecule has 73 heavy (non-hydrogen) atoms. The lowest BCUT2D eigenvalue weighted by Crippen LogP contribution is -2.35. The number of nitrogens with zero attached hydrogens (tertiary/aromatic N) is 4. The van der Waals surface area contributed by atoms with Crippen LogP contribution >= 0.6 is 11.8 Å². The van der Waals surface area contributed by atoms with Gasteiger partial charge in [-0.05, 0) is 75.4 Å². The first-order valence-corrected chi connectivity index (χ1v) is 25.5. The van der Waals surface area contributed by atoms with Crippen molar-refractivity contribution in [2.24, 2.45) is 9.98 Å². The Morgan fingerprint density at radius 1 is 0.685 bits per heavy atom. The summed E-state index contributed by atoms with van der Waals surface area (Å²) in [6.07, 6.45) is 9.23. The summed E-state index contributed by atoms with van der Waals surface area (Å²) in [6.45, 7) is 12.4. The molecular weight excluding hydrogens is 959 g/mol. The minimum absolute atomic E-state index is 0.0394. The van der Waals surface area contributed by atoms with E-state index in [1.807, 2.05) is 42.1 Å². The number of carbonyl (C=O) groups is 4. The lowest BCUT2D eigenvalue weighted by atomic mass is 9.97. The van der Waals surface area contributed by atoms with Gasteiger partial charge in [0, 0.05) is 48.9 Å². The van der Waals surface area contributed by atoms with Crippen LogP contribution in [0, 0.1) is 0 Å². The number of aliphatic carboxylic acids is 1. The van der Waals surface area contributed by atoms with Crippen LogP contribution in [0.2, 0.25) is 0 Å². The van der Waals surface area contributed by atoms with E-state index >= 15 is 0 Å². The maximum Gasteiger partial charge on any atom is 0.305 e. The molecule has 3 amide bonds. The fraction of sp³-hybridized carbons (Fsp3) is 0.481. The first-order valence-electron chi connectivity index (χ1n) is 24.6. The number of nitrogens with one attached hydrogen (secondary N) is 1. The Morgan fingerprint density at radius 3 is 1.60 bits per heavy atom. The van der Waals surface area contributed by atoms with Crippen LogP contribution in [0.25, 0.3) is 0 Å². The molecule has 0 radical (unpaired) electrons. The number of thioether (sulfide) groups is 1. The Balaban J connectivity index is 0.995. The van der Waals surface area contributed by atoms with Crippen molar-refractivity contribution in [3.8, 4) is 23.0 Å². The molecule has 4 aliphatic rings. The third kappa shape index (κ3) is 14.5. The van der Waals surface area contributed by atoms with E-state index in [4.69, 9.17) is 53.0 Å². The smallest absolute Gasteiger partial charge is 0.305 e. The highest BCUT2D eigenvalue weighted by Gasteiger charge is 2.36. The predicted molar refractivity (Wildman–Crippen MR) is 278 cm³/mol. The average molecular weight is 1030 g/mol. The Hall–Kier alpha value is -6.25. The van der Waals surface area contributed by atoms with Gasteiger partial charge in [0.15, 0.2) is 23.0 Å². The summed E-state index contributed by atoms with van der Waals surface area (Å²) >= 11 is 1.49. The summed E-state index contributed by atoms with van der Waals surface area (Å²) in [5.41, 5.74) is 6.88. The van der Waals surface area contributed by atoms with E-state index in [1.54, 1.807) is 38.5 Å². The molecule has 3 aromatic carbocycles. The van der Waals surface area contributed by atoms with E-state index in [-0.39, 0.29) is 61.8 Å². The van der Waals surface area contributed by atoms with E-state index in [0.29, 0.717) is 111 Å². The van der Waals surface area contributed by atoms with Crippen LogP contribution in [-0.4, -0.2) is 156 Å². The Labute approximate surface area is 431 Å². The predicted octanol–water partition coefficient (Wildman–Crippen LogP) is 7.24. The van der Waals surface area contributed by atoms with Crippen LogP contribution in [0.3, 0.4) is 0 Å². The zero-order valence-corrected chi connectivity index (χ0v) is 43.4. The number of methoxy groups -OCH3 is 2. The van der Waals surface area contributed by atoms with Crippen molar-refractivity contribution in [1.82, 2.24) is 15.1 Å². The molecule has 2 atom stereocenters. The molecule has 4 aliphatic heterocycles. The van der Waals surface area contributed by atoms with Crippen molar-refractivity contribution >= 4 is 59.3 Å². The van der Waals surface area contributed by atoms with Gasteiger partial charge in [0.2, 0.25) is 5.91 Å². The van der Waals surface area contributed by atoms with Crippen molar-refractivity contribution in [3.05, 3.63) is 93.6 Å². The number of rotatable bonds is 27. The number of ether oxygens (including phenoxy) is 8. The quantitative estimate of drug-likeness (QED) is 0.0571. The monoisotopic (exact) mass is 1030 g/mol.